The van der Waals surface area contributed by atoms with E-state index in [0.29, 0.717) is 0 Å². The third-order valence-electron chi connectivity index (χ3n) is 0.496. The van der Waals surface area contributed by atoms with Crippen molar-refractivity contribution in [3.8, 4) is 0 Å². The van der Waals surface area contributed by atoms with Gasteiger partial charge in [-0.2, -0.15) is 0 Å². The molecule has 0 radical (unpaired) electrons. The van der Waals surface area contributed by atoms with E-state index >= 15 is 0 Å². The summed E-state index contributed by atoms with van der Waals surface area (Å²) in [6.45, 7) is 0. The van der Waals surface area contributed by atoms with Gasteiger partial charge in [-0.1, -0.05) is 0 Å². The van der Waals surface area contributed by atoms with E-state index in [4.69, 9.17) is 0 Å². The fourth-order valence-corrected chi connectivity index (χ4v) is 0.278. The van der Waals surface area contributed by atoms with Crippen molar-refractivity contribution in [1.82, 2.24) is 4.98 Å². The van der Waals surface area contributed by atoms with Gasteiger partial charge in [0, 0.05) is 38.6 Å². The van der Waals surface area contributed by atoms with Gasteiger partial charge in [-0.15, -0.1) is 0 Å². The Labute approximate surface area is 55.9 Å². The molecular formula is C4H5NZr. The number of aromatic amines is 1. The molecule has 0 unspecified atom stereocenters. The van der Waals surface area contributed by atoms with Crippen molar-refractivity contribution in [2.24, 2.45) is 0 Å². The average molecular weight is 158 g/mol. The van der Waals surface area contributed by atoms with Crippen LogP contribution in [0.3, 0.4) is 0 Å². The Hall–Kier alpha value is 0.163. The summed E-state index contributed by atoms with van der Waals surface area (Å²) in [4.78, 5) is 2.86. The van der Waals surface area contributed by atoms with Crippen LogP contribution in [-0.4, -0.2) is 4.98 Å². The second-order valence-corrected chi connectivity index (χ2v) is 0.885. The Balaban J connectivity index is 0.000000250. The van der Waals surface area contributed by atoms with Crippen molar-refractivity contribution >= 4 is 0 Å². The molecule has 1 N–H and O–H groups in total. The van der Waals surface area contributed by atoms with Gasteiger partial charge in [-0.25, -0.2) is 0 Å². The molecule has 0 spiro atoms. The maximum Gasteiger partial charge on any atom is 0.000496 e. The number of rotatable bonds is 0. The first-order chi connectivity index (χ1) is 2.50. The van der Waals surface area contributed by atoms with Crippen LogP contribution in [0, 0.1) is 0 Å². The minimum atomic E-state index is 0. The van der Waals surface area contributed by atoms with Crippen molar-refractivity contribution in [3.63, 3.8) is 0 Å². The molecule has 0 amide bonds. The molecule has 1 aromatic rings. The summed E-state index contributed by atoms with van der Waals surface area (Å²) in [5.74, 6) is 0. The van der Waals surface area contributed by atoms with Crippen LogP contribution >= 0.6 is 0 Å². The Morgan fingerprint density at radius 2 is 1.50 bits per heavy atom. The number of nitrogens with one attached hydrogen (secondary N) is 1. The van der Waals surface area contributed by atoms with E-state index in [0.717, 1.165) is 0 Å². The van der Waals surface area contributed by atoms with Crippen molar-refractivity contribution in [1.29, 1.82) is 0 Å². The molecule has 0 aliphatic rings. The Morgan fingerprint density at radius 3 is 1.67 bits per heavy atom. The standard InChI is InChI=1S/C4H5N.Zr/c1-2-4-5-3-1;/h1-5H;. The molecule has 0 fully saturated rings. The first-order valence-electron chi connectivity index (χ1n) is 1.58. The molecule has 2 heteroatoms. The van der Waals surface area contributed by atoms with Crippen LogP contribution in [0.15, 0.2) is 24.5 Å². The maximum absolute atomic E-state index is 2.86. The van der Waals surface area contributed by atoms with Gasteiger partial charge in [0.15, 0.2) is 0 Å². The molecule has 6 heavy (non-hydrogen) atoms. The number of hydrogen-bond donors (Lipinski definition) is 1. The van der Waals surface area contributed by atoms with Crippen LogP contribution in [0.1, 0.15) is 0 Å². The second-order valence-electron chi connectivity index (χ2n) is 0.885. The van der Waals surface area contributed by atoms with Crippen LogP contribution in [0.4, 0.5) is 0 Å². The van der Waals surface area contributed by atoms with Gasteiger partial charge in [0.25, 0.3) is 0 Å². The minimum absolute atomic E-state index is 0. The Bertz CT molecular complexity index is 64.0. The molecule has 0 saturated heterocycles. The van der Waals surface area contributed by atoms with Gasteiger partial charge in [-0.3, -0.25) is 0 Å². The van der Waals surface area contributed by atoms with Gasteiger partial charge >= 0.3 is 0 Å². The van der Waals surface area contributed by atoms with Crippen LogP contribution in [0.2, 0.25) is 0 Å². The molecule has 1 aromatic heterocycles. The molecule has 0 bridgehead atoms. The quantitative estimate of drug-likeness (QED) is 0.580. The SMILES string of the molecule is [Zr].c1cc[nH]c1. The van der Waals surface area contributed by atoms with E-state index in [1.807, 2.05) is 24.5 Å². The molecular weight excluding hydrogens is 153 g/mol. The first-order valence-corrected chi connectivity index (χ1v) is 1.58. The average Bonchev–Trinajstić information content (AvgIpc) is 1.76. The normalized spacial score (nSPS) is 6.67. The zero-order valence-corrected chi connectivity index (χ0v) is 5.77. The molecule has 1 nitrogen and oxygen atoms in total. The molecule has 0 saturated carbocycles. The largest absolute Gasteiger partial charge is 0.368 e. The number of hydrogen-bond acceptors (Lipinski definition) is 0. The summed E-state index contributed by atoms with van der Waals surface area (Å²) in [5.41, 5.74) is 0. The minimum Gasteiger partial charge on any atom is -0.368 e. The molecule has 1 heterocycles. The van der Waals surface area contributed by atoms with Crippen molar-refractivity contribution in [3.05, 3.63) is 24.5 Å². The third kappa shape index (κ3) is 1.56. The van der Waals surface area contributed by atoms with Crippen LogP contribution in [-0.2, 0) is 26.2 Å². The zero-order valence-electron chi connectivity index (χ0n) is 3.31. The summed E-state index contributed by atoms with van der Waals surface area (Å²) < 4.78 is 0. The monoisotopic (exact) mass is 157 g/mol. The van der Waals surface area contributed by atoms with E-state index in [9.17, 15) is 0 Å². The summed E-state index contributed by atoms with van der Waals surface area (Å²) in [6.07, 6.45) is 3.75. The van der Waals surface area contributed by atoms with Crippen LogP contribution in [0.5, 0.6) is 0 Å². The maximum atomic E-state index is 2.86. The topological polar surface area (TPSA) is 15.8 Å². The summed E-state index contributed by atoms with van der Waals surface area (Å²) in [5, 5.41) is 0. The van der Waals surface area contributed by atoms with Gasteiger partial charge in [0.05, 0.1) is 0 Å². The number of aromatic nitrogens is 1. The number of H-pyrrole nitrogens is 1. The van der Waals surface area contributed by atoms with E-state index < -0.39 is 0 Å². The fourth-order valence-electron chi connectivity index (χ4n) is 0.278. The van der Waals surface area contributed by atoms with Crippen molar-refractivity contribution in [2.75, 3.05) is 0 Å². The summed E-state index contributed by atoms with van der Waals surface area (Å²) in [7, 11) is 0. The van der Waals surface area contributed by atoms with Gasteiger partial charge in [-0.05, 0) is 12.1 Å². The predicted octanol–water partition coefficient (Wildman–Crippen LogP) is 1.01. The van der Waals surface area contributed by atoms with Gasteiger partial charge in [0.2, 0.25) is 0 Å². The van der Waals surface area contributed by atoms with Gasteiger partial charge in [0.1, 0.15) is 0 Å². The predicted molar refractivity (Wildman–Crippen MR) is 20.8 cm³/mol. The van der Waals surface area contributed by atoms with E-state index in [2.05, 4.69) is 4.98 Å². The first kappa shape index (κ1) is 6.16. The third-order valence-corrected chi connectivity index (χ3v) is 0.496. The Kier molecular flexibility index (Phi) is 3.45. The van der Waals surface area contributed by atoms with Crippen LogP contribution in [0.25, 0.3) is 0 Å². The molecule has 1 rings (SSSR count). The van der Waals surface area contributed by atoms with Crippen molar-refractivity contribution < 1.29 is 26.2 Å². The second kappa shape index (κ2) is 3.36. The molecule has 0 aliphatic heterocycles. The molecule has 0 aromatic carbocycles. The molecule has 0 aliphatic carbocycles. The van der Waals surface area contributed by atoms with E-state index in [-0.39, 0.29) is 26.2 Å². The zero-order chi connectivity index (χ0) is 3.54. The van der Waals surface area contributed by atoms with Gasteiger partial charge < -0.3 is 4.98 Å². The Morgan fingerprint density at radius 1 is 1.00 bits per heavy atom. The van der Waals surface area contributed by atoms with E-state index in [1.54, 1.807) is 0 Å². The molecule has 0 atom stereocenters. The summed E-state index contributed by atoms with van der Waals surface area (Å²) in [6, 6.07) is 3.89. The fraction of sp³-hybridized carbons (Fsp3) is 0. The van der Waals surface area contributed by atoms with E-state index in [1.165, 1.54) is 0 Å². The molecule has 30 valence electrons. The smallest absolute Gasteiger partial charge is 0.000496 e. The van der Waals surface area contributed by atoms with Crippen molar-refractivity contribution in [2.45, 2.75) is 0 Å². The van der Waals surface area contributed by atoms with Crippen LogP contribution < -0.4 is 0 Å². The summed E-state index contributed by atoms with van der Waals surface area (Å²) >= 11 is 0.